The Morgan fingerprint density at radius 1 is 1.56 bits per heavy atom. The van der Waals surface area contributed by atoms with Crippen LogP contribution in [0.5, 0.6) is 0 Å². The zero-order valence-electron chi connectivity index (χ0n) is 9.74. The van der Waals surface area contributed by atoms with Gasteiger partial charge in [-0.2, -0.15) is 0 Å². The highest BCUT2D eigenvalue weighted by Gasteiger charge is 2.27. The molecule has 0 amide bonds. The van der Waals surface area contributed by atoms with Crippen LogP contribution in [0.3, 0.4) is 0 Å². The maximum absolute atomic E-state index is 11.6. The maximum Gasteiger partial charge on any atom is 0.356 e. The summed E-state index contributed by atoms with van der Waals surface area (Å²) in [5.74, 6) is -0.588. The molecule has 2 N–H and O–H groups in total. The molecular weight excluding hydrogens is 258 g/mol. The molecule has 100 valence electrons. The Hall–Kier alpha value is -1.41. The van der Waals surface area contributed by atoms with Gasteiger partial charge in [-0.15, -0.1) is 0 Å². The Balaban J connectivity index is 1.78. The maximum atomic E-state index is 11.6. The Bertz CT molecular complexity index is 533. The number of aromatic carboxylic acids is 1. The van der Waals surface area contributed by atoms with Gasteiger partial charge >= 0.3 is 5.97 Å². The van der Waals surface area contributed by atoms with Crippen LogP contribution in [-0.4, -0.2) is 41.3 Å². The fourth-order valence-corrected chi connectivity index (χ4v) is 3.05. The van der Waals surface area contributed by atoms with E-state index in [0.717, 1.165) is 12.8 Å². The van der Waals surface area contributed by atoms with Crippen molar-refractivity contribution in [3.05, 3.63) is 18.2 Å². The average molecular weight is 273 g/mol. The molecule has 0 atom stereocenters. The van der Waals surface area contributed by atoms with Gasteiger partial charge in [-0.3, -0.25) is 0 Å². The number of nitrogens with one attached hydrogen (secondary N) is 1. The minimum absolute atomic E-state index is 0.0455. The predicted octanol–water partition coefficient (Wildman–Crippen LogP) is -0.0893. The number of hydrogen-bond donors (Lipinski definition) is 2. The Kier molecular flexibility index (Phi) is 3.67. The standard InChI is InChI=1S/C10H15N3O4S/c14-10(15)9-5-13(7-11-9)4-3-12-18(16,17)6-8-1-2-8/h5,7-8,12H,1-4,6H2,(H,14,15). The van der Waals surface area contributed by atoms with E-state index in [4.69, 9.17) is 5.11 Å². The van der Waals surface area contributed by atoms with Gasteiger partial charge in [0, 0.05) is 19.3 Å². The van der Waals surface area contributed by atoms with E-state index in [-0.39, 0.29) is 18.0 Å². The molecule has 1 aliphatic carbocycles. The molecule has 0 aromatic carbocycles. The molecule has 8 heteroatoms. The van der Waals surface area contributed by atoms with Crippen molar-refractivity contribution in [3.63, 3.8) is 0 Å². The summed E-state index contributed by atoms with van der Waals surface area (Å²) in [6, 6.07) is 0. The Morgan fingerprint density at radius 2 is 2.28 bits per heavy atom. The van der Waals surface area contributed by atoms with Gasteiger partial charge in [0.15, 0.2) is 5.69 Å². The van der Waals surface area contributed by atoms with Gasteiger partial charge in [0.25, 0.3) is 0 Å². The van der Waals surface area contributed by atoms with E-state index in [1.54, 1.807) is 4.57 Å². The van der Waals surface area contributed by atoms with E-state index < -0.39 is 16.0 Å². The van der Waals surface area contributed by atoms with Crippen LogP contribution in [0.1, 0.15) is 23.3 Å². The van der Waals surface area contributed by atoms with Gasteiger partial charge < -0.3 is 9.67 Å². The van der Waals surface area contributed by atoms with Crippen LogP contribution in [-0.2, 0) is 16.6 Å². The third kappa shape index (κ3) is 3.81. The molecule has 1 aliphatic rings. The van der Waals surface area contributed by atoms with Crippen molar-refractivity contribution in [2.45, 2.75) is 19.4 Å². The van der Waals surface area contributed by atoms with Crippen molar-refractivity contribution in [2.24, 2.45) is 5.92 Å². The second-order valence-electron chi connectivity index (χ2n) is 4.42. The summed E-state index contributed by atoms with van der Waals surface area (Å²) in [6.07, 6.45) is 4.73. The van der Waals surface area contributed by atoms with Crippen LogP contribution in [0.4, 0.5) is 0 Å². The van der Waals surface area contributed by atoms with Crippen molar-refractivity contribution in [1.82, 2.24) is 14.3 Å². The van der Waals surface area contributed by atoms with E-state index >= 15 is 0 Å². The summed E-state index contributed by atoms with van der Waals surface area (Å²) in [6.45, 7) is 0.606. The minimum atomic E-state index is -3.20. The lowest BCUT2D eigenvalue weighted by atomic mass is 10.5. The zero-order valence-corrected chi connectivity index (χ0v) is 10.6. The molecule has 1 saturated carbocycles. The third-order valence-electron chi connectivity index (χ3n) is 2.70. The monoisotopic (exact) mass is 273 g/mol. The molecule has 1 fully saturated rings. The van der Waals surface area contributed by atoms with Gasteiger partial charge in [0.05, 0.1) is 12.1 Å². The molecule has 0 saturated heterocycles. The molecule has 1 heterocycles. The number of nitrogens with zero attached hydrogens (tertiary/aromatic N) is 2. The van der Waals surface area contributed by atoms with Gasteiger partial charge in [-0.25, -0.2) is 22.9 Å². The Morgan fingerprint density at radius 3 is 2.83 bits per heavy atom. The summed E-state index contributed by atoms with van der Waals surface area (Å²) in [7, 11) is -3.20. The van der Waals surface area contributed by atoms with Crippen LogP contribution in [0, 0.1) is 5.92 Å². The minimum Gasteiger partial charge on any atom is -0.476 e. The lowest BCUT2D eigenvalue weighted by Crippen LogP contribution is -2.30. The molecule has 0 radical (unpaired) electrons. The summed E-state index contributed by atoms with van der Waals surface area (Å²) in [5.41, 5.74) is -0.0455. The highest BCUT2D eigenvalue weighted by atomic mass is 32.2. The van der Waals surface area contributed by atoms with E-state index in [2.05, 4.69) is 9.71 Å². The second kappa shape index (κ2) is 5.07. The Labute approximate surface area is 105 Å². The topological polar surface area (TPSA) is 101 Å². The molecule has 0 unspecified atom stereocenters. The van der Waals surface area contributed by atoms with E-state index in [1.165, 1.54) is 12.5 Å². The normalized spacial score (nSPS) is 15.8. The molecule has 0 aliphatic heterocycles. The second-order valence-corrected chi connectivity index (χ2v) is 6.27. The fourth-order valence-electron chi connectivity index (χ4n) is 1.58. The summed E-state index contributed by atoms with van der Waals surface area (Å²) in [5, 5.41) is 8.67. The SMILES string of the molecule is O=C(O)c1cn(CCNS(=O)(=O)CC2CC2)cn1. The third-order valence-corrected chi connectivity index (χ3v) is 4.25. The largest absolute Gasteiger partial charge is 0.476 e. The van der Waals surface area contributed by atoms with Gasteiger partial charge in [0.1, 0.15) is 0 Å². The summed E-state index contributed by atoms with van der Waals surface area (Å²) >= 11 is 0. The molecule has 1 aromatic heterocycles. The molecule has 18 heavy (non-hydrogen) atoms. The lowest BCUT2D eigenvalue weighted by Gasteiger charge is -2.06. The average Bonchev–Trinajstić information content (AvgIpc) is 2.93. The van der Waals surface area contributed by atoms with Crippen LogP contribution in [0.2, 0.25) is 0 Å². The summed E-state index contributed by atoms with van der Waals surface area (Å²) in [4.78, 5) is 14.3. The van der Waals surface area contributed by atoms with E-state index in [9.17, 15) is 13.2 Å². The first-order chi connectivity index (χ1) is 8.46. The van der Waals surface area contributed by atoms with Crippen molar-refractivity contribution in [1.29, 1.82) is 0 Å². The summed E-state index contributed by atoms with van der Waals surface area (Å²) < 4.78 is 27.1. The highest BCUT2D eigenvalue weighted by molar-refractivity contribution is 7.89. The number of hydrogen-bond acceptors (Lipinski definition) is 4. The molecule has 0 spiro atoms. The first-order valence-electron chi connectivity index (χ1n) is 5.69. The number of aromatic nitrogens is 2. The quantitative estimate of drug-likeness (QED) is 0.723. The number of imidazole rings is 1. The lowest BCUT2D eigenvalue weighted by molar-refractivity contribution is 0.0691. The fraction of sp³-hybridized carbons (Fsp3) is 0.600. The number of carboxylic acids is 1. The van der Waals surface area contributed by atoms with Crippen molar-refractivity contribution in [2.75, 3.05) is 12.3 Å². The van der Waals surface area contributed by atoms with Crippen LogP contribution >= 0.6 is 0 Å². The van der Waals surface area contributed by atoms with Gasteiger partial charge in [-0.05, 0) is 18.8 Å². The van der Waals surface area contributed by atoms with Gasteiger partial charge in [-0.1, -0.05) is 0 Å². The van der Waals surface area contributed by atoms with Crippen LogP contribution in [0.15, 0.2) is 12.5 Å². The first-order valence-corrected chi connectivity index (χ1v) is 7.34. The molecule has 1 aromatic rings. The predicted molar refractivity (Wildman–Crippen MR) is 63.7 cm³/mol. The van der Waals surface area contributed by atoms with Crippen molar-refractivity contribution < 1.29 is 18.3 Å². The molecule has 2 rings (SSSR count). The molecule has 7 nitrogen and oxygen atoms in total. The molecule has 0 bridgehead atoms. The van der Waals surface area contributed by atoms with Crippen molar-refractivity contribution >= 4 is 16.0 Å². The van der Waals surface area contributed by atoms with Crippen molar-refractivity contribution in [3.8, 4) is 0 Å². The number of carbonyl (C=O) groups is 1. The van der Waals surface area contributed by atoms with E-state index in [0.29, 0.717) is 12.5 Å². The first kappa shape index (κ1) is 13.0. The number of sulfonamides is 1. The molecular formula is C10H15N3O4S. The smallest absolute Gasteiger partial charge is 0.356 e. The number of rotatable bonds is 7. The highest BCUT2D eigenvalue weighted by Crippen LogP contribution is 2.29. The zero-order chi connectivity index (χ0) is 13.2. The number of carboxylic acid groups (broad SMARTS) is 1. The van der Waals surface area contributed by atoms with Gasteiger partial charge in [0.2, 0.25) is 10.0 Å². The van der Waals surface area contributed by atoms with E-state index in [1.807, 2.05) is 0 Å². The van der Waals surface area contributed by atoms with Crippen LogP contribution in [0.25, 0.3) is 0 Å². The van der Waals surface area contributed by atoms with Crippen LogP contribution < -0.4 is 4.72 Å².